The highest BCUT2D eigenvalue weighted by molar-refractivity contribution is 6.18. The van der Waals surface area contributed by atoms with E-state index in [-0.39, 0.29) is 24.2 Å². The third kappa shape index (κ3) is 5.32. The van der Waals surface area contributed by atoms with Gasteiger partial charge in [-0.05, 0) is 18.9 Å². The summed E-state index contributed by atoms with van der Waals surface area (Å²) in [6.45, 7) is 1.90. The molecule has 18 heavy (non-hydrogen) atoms. The minimum atomic E-state index is -0.231. The van der Waals surface area contributed by atoms with Crippen LogP contribution in [0.2, 0.25) is 0 Å². The van der Waals surface area contributed by atoms with E-state index in [1.807, 2.05) is 37.3 Å². The van der Waals surface area contributed by atoms with Gasteiger partial charge in [0.2, 0.25) is 5.91 Å². The lowest BCUT2D eigenvalue weighted by atomic mass is 10.1. The smallest absolute Gasteiger partial charge is 0.227 e. The SMILES string of the molecule is C[C@H](NC(=O)CC(=O)CCCCl)c1ccccc1. The number of hydrogen-bond donors (Lipinski definition) is 1. The third-order valence-electron chi connectivity index (χ3n) is 2.62. The Morgan fingerprint density at radius 2 is 1.94 bits per heavy atom. The molecule has 1 amide bonds. The zero-order valence-corrected chi connectivity index (χ0v) is 11.2. The predicted octanol–water partition coefficient (Wildman–Crippen LogP) is 2.84. The number of nitrogens with one attached hydrogen (secondary N) is 1. The quantitative estimate of drug-likeness (QED) is 0.610. The molecule has 1 aromatic carbocycles. The molecule has 0 unspecified atom stereocenters. The van der Waals surface area contributed by atoms with E-state index < -0.39 is 0 Å². The van der Waals surface area contributed by atoms with Crippen LogP contribution >= 0.6 is 11.6 Å². The largest absolute Gasteiger partial charge is 0.349 e. The molecule has 1 N–H and O–H groups in total. The Balaban J connectivity index is 2.38. The minimum Gasteiger partial charge on any atom is -0.349 e. The van der Waals surface area contributed by atoms with Crippen LogP contribution in [0, 0.1) is 0 Å². The molecule has 1 rings (SSSR count). The van der Waals surface area contributed by atoms with Gasteiger partial charge in [-0.2, -0.15) is 0 Å². The first kappa shape index (κ1) is 14.7. The van der Waals surface area contributed by atoms with Crippen LogP contribution in [-0.2, 0) is 9.59 Å². The van der Waals surface area contributed by atoms with Crippen LogP contribution in [0.1, 0.15) is 37.8 Å². The average Bonchev–Trinajstić information content (AvgIpc) is 2.37. The molecule has 0 saturated carbocycles. The lowest BCUT2D eigenvalue weighted by Crippen LogP contribution is -2.28. The molecule has 0 radical (unpaired) electrons. The van der Waals surface area contributed by atoms with Gasteiger partial charge in [-0.15, -0.1) is 11.6 Å². The molecule has 3 nitrogen and oxygen atoms in total. The number of ketones is 1. The van der Waals surface area contributed by atoms with Crippen LogP contribution < -0.4 is 5.32 Å². The van der Waals surface area contributed by atoms with Crippen molar-refractivity contribution in [2.24, 2.45) is 0 Å². The Hall–Kier alpha value is -1.35. The van der Waals surface area contributed by atoms with Crippen molar-refractivity contribution in [3.05, 3.63) is 35.9 Å². The van der Waals surface area contributed by atoms with E-state index in [2.05, 4.69) is 5.32 Å². The number of alkyl halides is 1. The number of carbonyl (C=O) groups is 2. The van der Waals surface area contributed by atoms with Gasteiger partial charge in [-0.25, -0.2) is 0 Å². The van der Waals surface area contributed by atoms with E-state index in [0.717, 1.165) is 5.56 Å². The number of carbonyl (C=O) groups excluding carboxylic acids is 2. The fourth-order valence-electron chi connectivity index (χ4n) is 1.65. The maximum absolute atomic E-state index is 11.6. The monoisotopic (exact) mass is 267 g/mol. The average molecular weight is 268 g/mol. The Bertz CT molecular complexity index is 392. The Morgan fingerprint density at radius 1 is 1.28 bits per heavy atom. The predicted molar refractivity (Wildman–Crippen MR) is 72.6 cm³/mol. The lowest BCUT2D eigenvalue weighted by Gasteiger charge is -2.13. The Kier molecular flexibility index (Phi) is 6.44. The van der Waals surface area contributed by atoms with E-state index in [0.29, 0.717) is 18.7 Å². The van der Waals surface area contributed by atoms with E-state index in [1.54, 1.807) is 0 Å². The number of halogens is 1. The highest BCUT2D eigenvalue weighted by Crippen LogP contribution is 2.11. The highest BCUT2D eigenvalue weighted by Gasteiger charge is 2.12. The Morgan fingerprint density at radius 3 is 2.56 bits per heavy atom. The van der Waals surface area contributed by atoms with Crippen molar-refractivity contribution in [2.45, 2.75) is 32.2 Å². The van der Waals surface area contributed by atoms with Crippen LogP contribution in [0.4, 0.5) is 0 Å². The summed E-state index contributed by atoms with van der Waals surface area (Å²) in [5.41, 5.74) is 1.03. The number of amides is 1. The van der Waals surface area contributed by atoms with Crippen molar-refractivity contribution in [2.75, 3.05) is 5.88 Å². The maximum atomic E-state index is 11.6. The maximum Gasteiger partial charge on any atom is 0.227 e. The van der Waals surface area contributed by atoms with Gasteiger partial charge < -0.3 is 5.32 Å². The first-order chi connectivity index (χ1) is 8.63. The van der Waals surface area contributed by atoms with Crippen molar-refractivity contribution in [3.63, 3.8) is 0 Å². The first-order valence-electron chi connectivity index (χ1n) is 6.05. The number of rotatable bonds is 7. The topological polar surface area (TPSA) is 46.2 Å². The van der Waals surface area contributed by atoms with Gasteiger partial charge in [0.25, 0.3) is 0 Å². The zero-order chi connectivity index (χ0) is 13.4. The third-order valence-corrected chi connectivity index (χ3v) is 2.89. The van der Waals surface area contributed by atoms with Crippen LogP contribution in [0.25, 0.3) is 0 Å². The summed E-state index contributed by atoms with van der Waals surface area (Å²) in [5.74, 6) is 0.160. The van der Waals surface area contributed by atoms with Crippen molar-refractivity contribution in [3.8, 4) is 0 Å². The molecule has 1 aromatic rings. The van der Waals surface area contributed by atoms with Crippen LogP contribution in [-0.4, -0.2) is 17.6 Å². The molecular formula is C14H18ClNO2. The van der Waals surface area contributed by atoms with Gasteiger partial charge in [0.1, 0.15) is 5.78 Å². The molecular weight excluding hydrogens is 250 g/mol. The molecule has 0 saturated heterocycles. The molecule has 0 aliphatic rings. The van der Waals surface area contributed by atoms with Crippen LogP contribution in [0.5, 0.6) is 0 Å². The van der Waals surface area contributed by atoms with E-state index in [4.69, 9.17) is 11.6 Å². The van der Waals surface area contributed by atoms with Crippen LogP contribution in [0.3, 0.4) is 0 Å². The summed E-state index contributed by atoms with van der Waals surface area (Å²) in [4.78, 5) is 23.0. The minimum absolute atomic E-state index is 0.0614. The summed E-state index contributed by atoms with van der Waals surface area (Å²) < 4.78 is 0. The fourth-order valence-corrected chi connectivity index (χ4v) is 1.78. The standard InChI is InChI=1S/C14H18ClNO2/c1-11(12-6-3-2-4-7-12)16-14(18)10-13(17)8-5-9-15/h2-4,6-7,11H,5,8-10H2,1H3,(H,16,18)/t11-/m0/s1. The molecule has 0 fully saturated rings. The van der Waals surface area contributed by atoms with Gasteiger partial charge in [-0.1, -0.05) is 30.3 Å². The summed E-state index contributed by atoms with van der Waals surface area (Å²) in [7, 11) is 0. The molecule has 0 spiro atoms. The van der Waals surface area contributed by atoms with Gasteiger partial charge in [0.05, 0.1) is 12.5 Å². The van der Waals surface area contributed by atoms with Crippen molar-refractivity contribution in [1.29, 1.82) is 0 Å². The molecule has 98 valence electrons. The highest BCUT2D eigenvalue weighted by atomic mass is 35.5. The first-order valence-corrected chi connectivity index (χ1v) is 6.59. The second-order valence-electron chi connectivity index (χ2n) is 4.21. The van der Waals surface area contributed by atoms with Crippen molar-refractivity contribution in [1.82, 2.24) is 5.32 Å². The van der Waals surface area contributed by atoms with Crippen LogP contribution in [0.15, 0.2) is 30.3 Å². The number of benzene rings is 1. The van der Waals surface area contributed by atoms with Gasteiger partial charge in [-0.3, -0.25) is 9.59 Å². The summed E-state index contributed by atoms with van der Waals surface area (Å²) in [6, 6.07) is 9.57. The van der Waals surface area contributed by atoms with Gasteiger partial charge in [0.15, 0.2) is 0 Å². The fraction of sp³-hybridized carbons (Fsp3) is 0.429. The summed E-state index contributed by atoms with van der Waals surface area (Å²) in [6.07, 6.45) is 0.937. The van der Waals surface area contributed by atoms with Gasteiger partial charge in [0, 0.05) is 12.3 Å². The summed E-state index contributed by atoms with van der Waals surface area (Å²) >= 11 is 5.49. The number of Topliss-reactive ketones (excluding diaryl/α,β-unsaturated/α-hetero) is 1. The zero-order valence-electron chi connectivity index (χ0n) is 10.5. The molecule has 0 aliphatic heterocycles. The molecule has 0 heterocycles. The molecule has 0 aromatic heterocycles. The second kappa shape index (κ2) is 7.88. The summed E-state index contributed by atoms with van der Waals surface area (Å²) in [5, 5.41) is 2.81. The molecule has 4 heteroatoms. The van der Waals surface area contributed by atoms with Gasteiger partial charge >= 0.3 is 0 Å². The van der Waals surface area contributed by atoms with Crippen molar-refractivity contribution < 1.29 is 9.59 Å². The van der Waals surface area contributed by atoms with E-state index in [9.17, 15) is 9.59 Å². The Labute approximate surface area is 113 Å². The molecule has 1 atom stereocenters. The number of hydrogen-bond acceptors (Lipinski definition) is 2. The molecule has 0 aliphatic carbocycles. The van der Waals surface area contributed by atoms with Crippen molar-refractivity contribution >= 4 is 23.3 Å². The lowest BCUT2D eigenvalue weighted by molar-refractivity contribution is -0.128. The second-order valence-corrected chi connectivity index (χ2v) is 4.59. The van der Waals surface area contributed by atoms with E-state index in [1.165, 1.54) is 0 Å². The van der Waals surface area contributed by atoms with E-state index >= 15 is 0 Å². The molecule has 0 bridgehead atoms. The normalized spacial score (nSPS) is 11.9.